The number of rotatable bonds is 5. The summed E-state index contributed by atoms with van der Waals surface area (Å²) in [6.45, 7) is 3.93. The van der Waals surface area contributed by atoms with Crippen LogP contribution in [0, 0.1) is 13.8 Å². The van der Waals surface area contributed by atoms with Gasteiger partial charge >= 0.3 is 0 Å². The quantitative estimate of drug-likeness (QED) is 0.713. The van der Waals surface area contributed by atoms with Gasteiger partial charge in [-0.25, -0.2) is 9.67 Å². The predicted molar refractivity (Wildman–Crippen MR) is 106 cm³/mol. The van der Waals surface area contributed by atoms with Crippen LogP contribution in [0.25, 0.3) is 5.69 Å². The summed E-state index contributed by atoms with van der Waals surface area (Å²) in [5.74, 6) is 0.234. The number of amides is 1. The molecule has 0 atom stereocenters. The molecule has 1 saturated carbocycles. The lowest BCUT2D eigenvalue weighted by Gasteiger charge is -2.35. The number of aromatic nitrogens is 4. The molecule has 0 spiro atoms. The number of para-hydroxylation sites is 1. The van der Waals surface area contributed by atoms with Crippen LogP contribution >= 0.6 is 0 Å². The van der Waals surface area contributed by atoms with Gasteiger partial charge in [-0.1, -0.05) is 18.2 Å². The summed E-state index contributed by atoms with van der Waals surface area (Å²) in [5, 5.41) is 7.70. The Hall–Kier alpha value is -3.22. The van der Waals surface area contributed by atoms with Crippen molar-refractivity contribution in [1.29, 1.82) is 0 Å². The highest BCUT2D eigenvalue weighted by Gasteiger charge is 2.32. The lowest BCUT2D eigenvalue weighted by atomic mass is 9.78. The number of hydrogen-bond donors (Lipinski definition) is 2. The van der Waals surface area contributed by atoms with Crippen LogP contribution in [-0.4, -0.2) is 31.7 Å². The third kappa shape index (κ3) is 3.60. The normalized spacial score (nSPS) is 18.5. The number of carbonyl (C=O) groups is 1. The number of nitrogens with one attached hydrogen (secondary N) is 2. The average molecular weight is 377 g/mol. The van der Waals surface area contributed by atoms with Gasteiger partial charge in [0, 0.05) is 29.3 Å². The first-order valence-corrected chi connectivity index (χ1v) is 9.46. The van der Waals surface area contributed by atoms with Gasteiger partial charge in [-0.05, 0) is 38.8 Å². The van der Waals surface area contributed by atoms with Gasteiger partial charge < -0.3 is 10.3 Å². The molecule has 0 aliphatic heterocycles. The molecule has 1 aliphatic carbocycles. The van der Waals surface area contributed by atoms with Gasteiger partial charge in [0.25, 0.3) is 5.56 Å². The summed E-state index contributed by atoms with van der Waals surface area (Å²) in [6, 6.07) is 11.6. The fraction of sp³-hybridized carbons (Fsp3) is 0.333. The van der Waals surface area contributed by atoms with E-state index in [-0.39, 0.29) is 23.4 Å². The summed E-state index contributed by atoms with van der Waals surface area (Å²) in [5.41, 5.74) is 4.47. The van der Waals surface area contributed by atoms with Crippen molar-refractivity contribution in [1.82, 2.24) is 25.1 Å². The second kappa shape index (κ2) is 7.42. The minimum absolute atomic E-state index is 0.00105. The summed E-state index contributed by atoms with van der Waals surface area (Å²) in [4.78, 5) is 30.7. The first-order chi connectivity index (χ1) is 13.5. The van der Waals surface area contributed by atoms with Crippen molar-refractivity contribution in [3.63, 3.8) is 0 Å². The van der Waals surface area contributed by atoms with Gasteiger partial charge in [0.15, 0.2) is 0 Å². The van der Waals surface area contributed by atoms with E-state index in [0.29, 0.717) is 6.42 Å². The highest BCUT2D eigenvalue weighted by Crippen LogP contribution is 2.35. The molecular weight excluding hydrogens is 354 g/mol. The molecule has 4 rings (SSSR count). The summed E-state index contributed by atoms with van der Waals surface area (Å²) in [6.07, 6.45) is 3.36. The maximum atomic E-state index is 12.5. The van der Waals surface area contributed by atoms with Crippen molar-refractivity contribution in [3.05, 3.63) is 75.7 Å². The van der Waals surface area contributed by atoms with Crippen LogP contribution in [0.1, 0.15) is 41.4 Å². The molecule has 7 heteroatoms. The topological polar surface area (TPSA) is 92.7 Å². The average Bonchev–Trinajstić information content (AvgIpc) is 2.93. The Morgan fingerprint density at radius 2 is 2.00 bits per heavy atom. The van der Waals surface area contributed by atoms with Gasteiger partial charge in [0.2, 0.25) is 5.91 Å². The third-order valence-electron chi connectivity index (χ3n) is 5.40. The fourth-order valence-electron chi connectivity index (χ4n) is 3.77. The van der Waals surface area contributed by atoms with E-state index in [4.69, 9.17) is 0 Å². The molecular formula is C21H23N5O2. The molecule has 2 N–H and O–H groups in total. The molecule has 0 saturated heterocycles. The molecule has 144 valence electrons. The van der Waals surface area contributed by atoms with Crippen molar-refractivity contribution >= 4 is 5.91 Å². The molecule has 1 aromatic carbocycles. The summed E-state index contributed by atoms with van der Waals surface area (Å²) in [7, 11) is 0. The van der Waals surface area contributed by atoms with E-state index < -0.39 is 0 Å². The third-order valence-corrected chi connectivity index (χ3v) is 5.40. The molecule has 0 unspecified atom stereocenters. The highest BCUT2D eigenvalue weighted by molar-refractivity contribution is 5.79. The molecule has 3 aromatic rings. The van der Waals surface area contributed by atoms with E-state index in [9.17, 15) is 9.59 Å². The second-order valence-electron chi connectivity index (χ2n) is 7.34. The Balaban J connectivity index is 1.37. The molecule has 0 bridgehead atoms. The maximum Gasteiger partial charge on any atom is 0.250 e. The Labute approximate surface area is 162 Å². The lowest BCUT2D eigenvalue weighted by Crippen LogP contribution is -2.44. The number of benzene rings is 1. The second-order valence-corrected chi connectivity index (χ2v) is 7.34. The van der Waals surface area contributed by atoms with Crippen LogP contribution in [0.5, 0.6) is 0 Å². The maximum absolute atomic E-state index is 12.5. The summed E-state index contributed by atoms with van der Waals surface area (Å²) < 4.78 is 1.88. The van der Waals surface area contributed by atoms with E-state index in [1.165, 1.54) is 12.4 Å². The van der Waals surface area contributed by atoms with E-state index in [2.05, 4.69) is 20.4 Å². The number of hydrogen-bond acceptors (Lipinski definition) is 4. The lowest BCUT2D eigenvalue weighted by molar-refractivity contribution is -0.121. The van der Waals surface area contributed by atoms with Gasteiger partial charge in [0.05, 0.1) is 29.8 Å². The molecule has 1 amide bonds. The number of aromatic amines is 1. The Kier molecular flexibility index (Phi) is 4.81. The SMILES string of the molecule is Cc1nn(-c2ccccc2)c(C)c1CC(=O)NC1CC(c2cc(=O)[nH]cn2)C1. The number of H-pyrrole nitrogens is 1. The minimum Gasteiger partial charge on any atom is -0.353 e. The molecule has 1 fully saturated rings. The minimum atomic E-state index is -0.140. The molecule has 0 radical (unpaired) electrons. The highest BCUT2D eigenvalue weighted by atomic mass is 16.1. The van der Waals surface area contributed by atoms with Crippen LogP contribution in [0.15, 0.2) is 47.5 Å². The van der Waals surface area contributed by atoms with E-state index in [1.807, 2.05) is 48.9 Å². The predicted octanol–water partition coefficient (Wildman–Crippen LogP) is 2.18. The van der Waals surface area contributed by atoms with Crippen LogP contribution in [0.3, 0.4) is 0 Å². The van der Waals surface area contributed by atoms with Crippen LogP contribution in [0.2, 0.25) is 0 Å². The first-order valence-electron chi connectivity index (χ1n) is 9.46. The zero-order chi connectivity index (χ0) is 19.7. The van der Waals surface area contributed by atoms with Gasteiger partial charge in [-0.3, -0.25) is 9.59 Å². The Morgan fingerprint density at radius 3 is 2.71 bits per heavy atom. The van der Waals surface area contributed by atoms with E-state index >= 15 is 0 Å². The van der Waals surface area contributed by atoms with Crippen molar-refractivity contribution in [2.75, 3.05) is 0 Å². The number of aryl methyl sites for hydroxylation is 1. The molecule has 7 nitrogen and oxygen atoms in total. The van der Waals surface area contributed by atoms with Crippen molar-refractivity contribution in [2.45, 2.75) is 45.1 Å². The smallest absolute Gasteiger partial charge is 0.250 e. The van der Waals surface area contributed by atoms with E-state index in [1.54, 1.807) is 0 Å². The first kappa shape index (κ1) is 18.2. The van der Waals surface area contributed by atoms with Gasteiger partial charge in [-0.2, -0.15) is 5.10 Å². The van der Waals surface area contributed by atoms with Crippen LogP contribution in [0.4, 0.5) is 0 Å². The van der Waals surface area contributed by atoms with E-state index in [0.717, 1.165) is 41.2 Å². The molecule has 2 aromatic heterocycles. The monoisotopic (exact) mass is 377 g/mol. The van der Waals surface area contributed by atoms with Crippen molar-refractivity contribution in [2.24, 2.45) is 0 Å². The molecule has 2 heterocycles. The Morgan fingerprint density at radius 1 is 1.25 bits per heavy atom. The zero-order valence-corrected chi connectivity index (χ0v) is 16.0. The van der Waals surface area contributed by atoms with Crippen molar-refractivity contribution < 1.29 is 4.79 Å². The van der Waals surface area contributed by atoms with Gasteiger partial charge in [0.1, 0.15) is 0 Å². The largest absolute Gasteiger partial charge is 0.353 e. The summed E-state index contributed by atoms with van der Waals surface area (Å²) >= 11 is 0. The van der Waals surface area contributed by atoms with Crippen LogP contribution < -0.4 is 10.9 Å². The fourth-order valence-corrected chi connectivity index (χ4v) is 3.77. The standard InChI is InChI=1S/C21H23N5O2/c1-13-18(14(2)26(25-13)17-6-4-3-5-7-17)10-21(28)24-16-8-15(9-16)19-11-20(27)23-12-22-19/h3-7,11-12,15-16H,8-10H2,1-2H3,(H,24,28)(H,22,23,27). The van der Waals surface area contributed by atoms with Crippen LogP contribution in [-0.2, 0) is 11.2 Å². The molecule has 28 heavy (non-hydrogen) atoms. The Bertz CT molecular complexity index is 1050. The molecule has 1 aliphatic rings. The van der Waals surface area contributed by atoms with Crippen molar-refractivity contribution in [3.8, 4) is 5.69 Å². The number of carbonyl (C=O) groups excluding carboxylic acids is 1. The zero-order valence-electron chi connectivity index (χ0n) is 16.0. The van der Waals surface area contributed by atoms with Gasteiger partial charge in [-0.15, -0.1) is 0 Å². The number of nitrogens with zero attached hydrogens (tertiary/aromatic N) is 3.